The van der Waals surface area contributed by atoms with Crippen molar-refractivity contribution in [3.05, 3.63) is 59.8 Å². The van der Waals surface area contributed by atoms with Crippen LogP contribution in [-0.4, -0.2) is 59.3 Å². The molecule has 7 nitrogen and oxygen atoms in total. The van der Waals surface area contributed by atoms with E-state index in [1.165, 1.54) is 0 Å². The maximum absolute atomic E-state index is 12.7. The van der Waals surface area contributed by atoms with Crippen molar-refractivity contribution < 1.29 is 9.59 Å². The van der Waals surface area contributed by atoms with Gasteiger partial charge in [-0.15, -0.1) is 0 Å². The largest absolute Gasteiger partial charge is 0.355 e. The Morgan fingerprint density at radius 1 is 1.06 bits per heavy atom. The van der Waals surface area contributed by atoms with Crippen LogP contribution >= 0.6 is 11.3 Å². The summed E-state index contributed by atoms with van der Waals surface area (Å²) in [6.07, 6.45) is 4.00. The van der Waals surface area contributed by atoms with E-state index in [1.54, 1.807) is 30.5 Å². The Kier molecular flexibility index (Phi) is 5.19. The highest BCUT2D eigenvalue weighted by Gasteiger charge is 2.31. The molecule has 0 unspecified atom stereocenters. The molecule has 0 bridgehead atoms. The normalized spacial score (nSPS) is 18.1. The quantitative estimate of drug-likeness (QED) is 0.492. The number of aromatic nitrogens is 2. The number of fused-ring (bicyclic) bond motifs is 3. The molecule has 4 aromatic rings. The lowest BCUT2D eigenvalue weighted by atomic mass is 9.86. The van der Waals surface area contributed by atoms with Gasteiger partial charge in [-0.25, -0.2) is 4.98 Å². The molecule has 164 valence electrons. The van der Waals surface area contributed by atoms with Gasteiger partial charge in [0, 0.05) is 42.0 Å². The Bertz CT molecular complexity index is 1320. The third-order valence-corrected chi connectivity index (χ3v) is 7.22. The first-order valence-electron chi connectivity index (χ1n) is 10.6. The number of nitrogens with zero attached hydrogens (tertiary/aromatic N) is 3. The molecule has 0 spiro atoms. The number of imidazole rings is 1. The van der Waals surface area contributed by atoms with Crippen molar-refractivity contribution in [1.29, 1.82) is 0 Å². The number of hydrogen-bond donors (Lipinski definition) is 2. The Morgan fingerprint density at radius 2 is 1.78 bits per heavy atom. The summed E-state index contributed by atoms with van der Waals surface area (Å²) in [4.78, 5) is 32.3. The van der Waals surface area contributed by atoms with Crippen molar-refractivity contribution in [2.24, 2.45) is 0 Å². The molecular weight excluding hydrogens is 422 g/mol. The molecule has 1 aliphatic carbocycles. The van der Waals surface area contributed by atoms with Crippen LogP contribution < -0.4 is 10.6 Å². The van der Waals surface area contributed by atoms with Crippen molar-refractivity contribution in [3.63, 3.8) is 0 Å². The zero-order chi connectivity index (χ0) is 22.4. The third-order valence-electron chi connectivity index (χ3n) is 6.20. The predicted molar refractivity (Wildman–Crippen MR) is 127 cm³/mol. The summed E-state index contributed by atoms with van der Waals surface area (Å²) in [5.74, 6) is -0.125. The Hall–Kier alpha value is -3.23. The minimum atomic E-state index is -0.108. The minimum Gasteiger partial charge on any atom is -0.355 e. The van der Waals surface area contributed by atoms with E-state index in [-0.39, 0.29) is 17.9 Å². The highest BCUT2D eigenvalue weighted by Crippen LogP contribution is 2.31. The molecule has 2 heterocycles. The Balaban J connectivity index is 1.36. The summed E-state index contributed by atoms with van der Waals surface area (Å²) in [6.45, 7) is 0. The fourth-order valence-electron chi connectivity index (χ4n) is 4.11. The van der Waals surface area contributed by atoms with Gasteiger partial charge in [-0.05, 0) is 57.3 Å². The summed E-state index contributed by atoms with van der Waals surface area (Å²) in [7, 11) is 5.78. The lowest BCUT2D eigenvalue weighted by Gasteiger charge is -2.39. The number of amides is 2. The van der Waals surface area contributed by atoms with Gasteiger partial charge in [0.1, 0.15) is 0 Å². The van der Waals surface area contributed by atoms with Crippen molar-refractivity contribution >= 4 is 38.3 Å². The number of hydrogen-bond acceptors (Lipinski definition) is 5. The number of nitrogens with one attached hydrogen (secondary N) is 2. The van der Waals surface area contributed by atoms with Gasteiger partial charge >= 0.3 is 0 Å². The summed E-state index contributed by atoms with van der Waals surface area (Å²) in [5, 5.41) is 5.77. The van der Waals surface area contributed by atoms with Crippen LogP contribution in [0.5, 0.6) is 0 Å². The standard InChI is InChI=1S/C24H25N5O2S/c1-25-22(30)15-6-4-14(5-7-15)19-13-29-20-9-8-16(10-21(20)32-24(29)27-19)23(31)26-17-11-18(12-17)28(2)3/h4-10,13,17-18H,11-12H2,1-3H3,(H,25,30)(H,26,31). The number of benzene rings is 2. The first-order chi connectivity index (χ1) is 15.4. The van der Waals surface area contributed by atoms with Crippen molar-refractivity contribution in [2.45, 2.75) is 24.9 Å². The van der Waals surface area contributed by atoms with Gasteiger partial charge in [0.15, 0.2) is 4.96 Å². The summed E-state index contributed by atoms with van der Waals surface area (Å²) >= 11 is 1.56. The molecule has 1 saturated carbocycles. The van der Waals surface area contributed by atoms with Crippen LogP contribution in [0, 0.1) is 0 Å². The molecule has 8 heteroatoms. The number of thiazole rings is 1. The van der Waals surface area contributed by atoms with Gasteiger partial charge in [0.25, 0.3) is 11.8 Å². The first-order valence-corrected chi connectivity index (χ1v) is 11.5. The molecular formula is C24H25N5O2S. The predicted octanol–water partition coefficient (Wildman–Crippen LogP) is 3.40. The molecule has 2 amide bonds. The monoisotopic (exact) mass is 447 g/mol. The summed E-state index contributed by atoms with van der Waals surface area (Å²) in [6, 6.07) is 14.0. The van der Waals surface area contributed by atoms with E-state index in [2.05, 4.69) is 34.0 Å². The second-order valence-corrected chi connectivity index (χ2v) is 9.49. The van der Waals surface area contributed by atoms with Crippen LogP contribution in [0.4, 0.5) is 0 Å². The van der Waals surface area contributed by atoms with Crippen LogP contribution in [0.2, 0.25) is 0 Å². The van der Waals surface area contributed by atoms with E-state index in [4.69, 9.17) is 4.98 Å². The Labute approximate surface area is 190 Å². The lowest BCUT2D eigenvalue weighted by Crippen LogP contribution is -2.51. The number of rotatable bonds is 5. The maximum Gasteiger partial charge on any atom is 0.251 e. The average molecular weight is 448 g/mol. The molecule has 1 fully saturated rings. The van der Waals surface area contributed by atoms with Crippen LogP contribution in [0.25, 0.3) is 26.4 Å². The number of carbonyl (C=O) groups is 2. The van der Waals surface area contributed by atoms with Crippen molar-refractivity contribution in [1.82, 2.24) is 24.9 Å². The molecule has 0 atom stereocenters. The van der Waals surface area contributed by atoms with E-state index >= 15 is 0 Å². The molecule has 0 radical (unpaired) electrons. The van der Waals surface area contributed by atoms with Crippen molar-refractivity contribution in [2.75, 3.05) is 21.1 Å². The fourth-order valence-corrected chi connectivity index (χ4v) is 5.16. The van der Waals surface area contributed by atoms with Crippen molar-refractivity contribution in [3.8, 4) is 11.3 Å². The summed E-state index contributed by atoms with van der Waals surface area (Å²) in [5.41, 5.74) is 4.13. The highest BCUT2D eigenvalue weighted by atomic mass is 32.1. The van der Waals surface area contributed by atoms with Crippen LogP contribution in [0.1, 0.15) is 33.6 Å². The van der Waals surface area contributed by atoms with Crippen LogP contribution in [0.3, 0.4) is 0 Å². The van der Waals surface area contributed by atoms with Gasteiger partial charge in [0.2, 0.25) is 0 Å². The molecule has 0 saturated heterocycles. The molecule has 0 aliphatic heterocycles. The molecule has 5 rings (SSSR count). The molecule has 1 aliphatic rings. The molecule has 2 N–H and O–H groups in total. The van der Waals surface area contributed by atoms with E-state index in [0.29, 0.717) is 17.2 Å². The second kappa shape index (κ2) is 8.03. The third kappa shape index (κ3) is 3.65. The van der Waals surface area contributed by atoms with Gasteiger partial charge in [-0.2, -0.15) is 0 Å². The van der Waals surface area contributed by atoms with E-state index < -0.39 is 0 Å². The zero-order valence-electron chi connectivity index (χ0n) is 18.3. The topological polar surface area (TPSA) is 78.7 Å². The van der Waals surface area contributed by atoms with Crippen LogP contribution in [-0.2, 0) is 0 Å². The first kappa shape index (κ1) is 20.7. The van der Waals surface area contributed by atoms with Gasteiger partial charge in [-0.1, -0.05) is 23.5 Å². The van der Waals surface area contributed by atoms with Crippen LogP contribution in [0.15, 0.2) is 48.7 Å². The second-order valence-electron chi connectivity index (χ2n) is 8.48. The highest BCUT2D eigenvalue weighted by molar-refractivity contribution is 7.23. The molecule has 32 heavy (non-hydrogen) atoms. The van der Waals surface area contributed by atoms with E-state index in [1.807, 2.05) is 36.5 Å². The van der Waals surface area contributed by atoms with E-state index in [9.17, 15) is 9.59 Å². The minimum absolute atomic E-state index is 0.0166. The lowest BCUT2D eigenvalue weighted by molar-refractivity contribution is 0.0853. The smallest absolute Gasteiger partial charge is 0.251 e. The van der Waals surface area contributed by atoms with Gasteiger partial charge < -0.3 is 15.5 Å². The number of carbonyl (C=O) groups excluding carboxylic acids is 2. The fraction of sp³-hybridized carbons (Fsp3) is 0.292. The van der Waals surface area contributed by atoms with Gasteiger partial charge in [-0.3, -0.25) is 14.0 Å². The molecule has 2 aromatic heterocycles. The SMILES string of the molecule is CNC(=O)c1ccc(-c2cn3c(n2)sc2cc(C(=O)NC4CC(N(C)C)C4)ccc23)cc1. The molecule has 2 aromatic carbocycles. The van der Waals surface area contributed by atoms with Gasteiger partial charge in [0.05, 0.1) is 15.9 Å². The van der Waals surface area contributed by atoms with E-state index in [0.717, 1.165) is 39.3 Å². The Morgan fingerprint density at radius 3 is 2.47 bits per heavy atom. The zero-order valence-corrected chi connectivity index (χ0v) is 19.1. The average Bonchev–Trinajstić information content (AvgIpc) is 3.32. The maximum atomic E-state index is 12.7. The summed E-state index contributed by atoms with van der Waals surface area (Å²) < 4.78 is 3.08.